The van der Waals surface area contributed by atoms with Gasteiger partial charge in [0.25, 0.3) is 0 Å². The third kappa shape index (κ3) is 4.15. The molecule has 134 valence electrons. The number of nitrogens with two attached hydrogens (primary N) is 1. The Hall–Kier alpha value is -2.88. The lowest BCUT2D eigenvalue weighted by Gasteiger charge is -2.13. The Morgan fingerprint density at radius 3 is 2.44 bits per heavy atom. The number of ether oxygens (including phenoxy) is 1. The van der Waals surface area contributed by atoms with Gasteiger partial charge in [0.15, 0.2) is 5.69 Å². The van der Waals surface area contributed by atoms with Gasteiger partial charge >= 0.3 is 12.1 Å². The topological polar surface area (TPSA) is 99.2 Å². The summed E-state index contributed by atoms with van der Waals surface area (Å²) in [5.41, 5.74) is 3.70. The normalized spacial score (nSPS) is 11.2. The molecule has 1 amide bonds. The summed E-state index contributed by atoms with van der Waals surface area (Å²) in [5.74, 6) is -1.54. The van der Waals surface area contributed by atoms with E-state index < -0.39 is 29.3 Å². The number of anilines is 1. The monoisotopic (exact) mass is 356 g/mol. The summed E-state index contributed by atoms with van der Waals surface area (Å²) in [6, 6.07) is 5.44. The fraction of sp³-hybridized carbons (Fsp3) is 0.267. The number of hydrogen-bond donors (Lipinski definition) is 2. The molecule has 0 aliphatic carbocycles. The maximum atomic E-state index is 13.4. The fourth-order valence-electron chi connectivity index (χ4n) is 2.07. The van der Waals surface area contributed by atoms with Gasteiger partial charge in [0, 0.05) is 5.69 Å². The first-order valence-electron chi connectivity index (χ1n) is 7.20. The van der Waals surface area contributed by atoms with Gasteiger partial charge in [-0.2, -0.15) is 18.3 Å². The lowest BCUT2D eigenvalue weighted by Crippen LogP contribution is -2.21. The Balaban J connectivity index is 2.42. The second-order valence-electron chi connectivity index (χ2n) is 4.84. The number of benzene rings is 1. The van der Waals surface area contributed by atoms with Crippen LogP contribution in [-0.2, 0) is 15.7 Å². The molecule has 1 aromatic carbocycles. The van der Waals surface area contributed by atoms with Crippen molar-refractivity contribution in [3.8, 4) is 5.69 Å². The minimum Gasteiger partial charge on any atom is -0.462 e. The van der Waals surface area contributed by atoms with Crippen molar-refractivity contribution >= 4 is 17.6 Å². The van der Waals surface area contributed by atoms with Crippen molar-refractivity contribution in [2.75, 3.05) is 18.5 Å². The highest BCUT2D eigenvalue weighted by Crippen LogP contribution is 2.34. The molecule has 2 aromatic rings. The Morgan fingerprint density at radius 2 is 1.92 bits per heavy atom. The molecular formula is C15H15F3N4O3. The van der Waals surface area contributed by atoms with Gasteiger partial charge in [0.05, 0.1) is 25.0 Å². The zero-order valence-corrected chi connectivity index (χ0v) is 13.1. The van der Waals surface area contributed by atoms with Crippen molar-refractivity contribution in [2.45, 2.75) is 13.1 Å². The highest BCUT2D eigenvalue weighted by molar-refractivity contribution is 5.92. The molecule has 0 unspecified atom stereocenters. The average molecular weight is 356 g/mol. The quantitative estimate of drug-likeness (QED) is 0.798. The van der Waals surface area contributed by atoms with Crippen LogP contribution in [0.2, 0.25) is 0 Å². The predicted molar refractivity (Wildman–Crippen MR) is 82.2 cm³/mol. The third-order valence-corrected chi connectivity index (χ3v) is 3.11. The van der Waals surface area contributed by atoms with Gasteiger partial charge in [-0.05, 0) is 31.2 Å². The molecule has 0 saturated carbocycles. The van der Waals surface area contributed by atoms with Crippen molar-refractivity contribution in [2.24, 2.45) is 5.73 Å². The number of amides is 1. The van der Waals surface area contributed by atoms with Gasteiger partial charge in [-0.25, -0.2) is 9.48 Å². The Kier molecular flexibility index (Phi) is 5.42. The number of esters is 1. The summed E-state index contributed by atoms with van der Waals surface area (Å²) in [4.78, 5) is 22.9. The van der Waals surface area contributed by atoms with E-state index in [-0.39, 0.29) is 18.8 Å². The van der Waals surface area contributed by atoms with Gasteiger partial charge < -0.3 is 15.8 Å². The molecule has 1 heterocycles. The summed E-state index contributed by atoms with van der Waals surface area (Å²) < 4.78 is 45.4. The zero-order valence-electron chi connectivity index (χ0n) is 13.1. The van der Waals surface area contributed by atoms with E-state index >= 15 is 0 Å². The number of carbonyl (C=O) groups is 2. The summed E-state index contributed by atoms with van der Waals surface area (Å²) in [5, 5.41) is 6.12. The minimum absolute atomic E-state index is 0.0587. The van der Waals surface area contributed by atoms with Crippen molar-refractivity contribution in [1.82, 2.24) is 9.78 Å². The van der Waals surface area contributed by atoms with Crippen LogP contribution in [0.25, 0.3) is 5.69 Å². The molecule has 0 fully saturated rings. The molecule has 0 atom stereocenters. The number of nitrogens with one attached hydrogen (secondary N) is 1. The first kappa shape index (κ1) is 18.5. The SMILES string of the molecule is CCOC(=O)c1cnn(-c2ccc(NC(=O)CN)cc2)c1C(F)(F)F. The largest absolute Gasteiger partial charge is 0.462 e. The van der Waals surface area contributed by atoms with Crippen molar-refractivity contribution in [3.05, 3.63) is 41.7 Å². The summed E-state index contributed by atoms with van der Waals surface area (Å²) in [6.45, 7) is 1.21. The second kappa shape index (κ2) is 7.34. The molecule has 25 heavy (non-hydrogen) atoms. The molecule has 7 nitrogen and oxygen atoms in total. The van der Waals surface area contributed by atoms with Gasteiger partial charge in [0.2, 0.25) is 5.91 Å². The smallest absolute Gasteiger partial charge is 0.434 e. The number of carbonyl (C=O) groups excluding carboxylic acids is 2. The molecule has 2 rings (SSSR count). The van der Waals surface area contributed by atoms with Crippen LogP contribution in [0.5, 0.6) is 0 Å². The van der Waals surface area contributed by atoms with Crippen LogP contribution in [0.1, 0.15) is 23.0 Å². The van der Waals surface area contributed by atoms with E-state index in [1.165, 1.54) is 31.2 Å². The molecule has 10 heteroatoms. The van der Waals surface area contributed by atoms with E-state index in [2.05, 4.69) is 15.2 Å². The van der Waals surface area contributed by atoms with E-state index in [0.717, 1.165) is 6.20 Å². The fourth-order valence-corrected chi connectivity index (χ4v) is 2.07. The summed E-state index contributed by atoms with van der Waals surface area (Å²) in [7, 11) is 0. The zero-order chi connectivity index (χ0) is 18.6. The lowest BCUT2D eigenvalue weighted by atomic mass is 10.2. The van der Waals surface area contributed by atoms with E-state index in [9.17, 15) is 22.8 Å². The van der Waals surface area contributed by atoms with E-state index in [1.807, 2.05) is 0 Å². The van der Waals surface area contributed by atoms with Crippen molar-refractivity contribution in [3.63, 3.8) is 0 Å². The number of halogens is 3. The molecule has 0 saturated heterocycles. The standard InChI is InChI=1S/C15H15F3N4O3/c1-2-25-14(24)11-8-20-22(13(11)15(16,17)18)10-5-3-9(4-6-10)21-12(23)7-19/h3-6,8H,2,7,19H2,1H3,(H,21,23). The molecule has 0 radical (unpaired) electrons. The number of alkyl halides is 3. The molecule has 0 bridgehead atoms. The Morgan fingerprint density at radius 1 is 1.28 bits per heavy atom. The molecule has 0 aliphatic heterocycles. The maximum Gasteiger partial charge on any atom is 0.434 e. The van der Waals surface area contributed by atoms with Gasteiger partial charge in [-0.15, -0.1) is 0 Å². The van der Waals surface area contributed by atoms with Gasteiger partial charge in [-0.1, -0.05) is 0 Å². The predicted octanol–water partition coefficient (Wildman–Crippen LogP) is 1.96. The Bertz CT molecular complexity index is 769. The number of aromatic nitrogens is 2. The van der Waals surface area contributed by atoms with Crippen LogP contribution >= 0.6 is 0 Å². The van der Waals surface area contributed by atoms with Crippen LogP contribution in [-0.4, -0.2) is 34.8 Å². The summed E-state index contributed by atoms with van der Waals surface area (Å²) in [6.07, 6.45) is -4.00. The molecule has 0 aliphatic rings. The average Bonchev–Trinajstić information content (AvgIpc) is 3.01. The van der Waals surface area contributed by atoms with Crippen LogP contribution in [0.3, 0.4) is 0 Å². The molecular weight excluding hydrogens is 341 g/mol. The minimum atomic E-state index is -4.81. The van der Waals surface area contributed by atoms with E-state index in [1.54, 1.807) is 0 Å². The number of nitrogens with zero attached hydrogens (tertiary/aromatic N) is 2. The van der Waals surface area contributed by atoms with Crippen molar-refractivity contribution < 1.29 is 27.5 Å². The van der Waals surface area contributed by atoms with Crippen LogP contribution in [0.15, 0.2) is 30.5 Å². The van der Waals surface area contributed by atoms with Crippen LogP contribution in [0.4, 0.5) is 18.9 Å². The highest BCUT2D eigenvalue weighted by Gasteiger charge is 2.41. The number of hydrogen-bond acceptors (Lipinski definition) is 5. The van der Waals surface area contributed by atoms with E-state index in [4.69, 9.17) is 5.73 Å². The summed E-state index contributed by atoms with van der Waals surface area (Å²) >= 11 is 0. The second-order valence-corrected chi connectivity index (χ2v) is 4.84. The van der Waals surface area contributed by atoms with E-state index in [0.29, 0.717) is 10.4 Å². The highest BCUT2D eigenvalue weighted by atomic mass is 19.4. The van der Waals surface area contributed by atoms with Gasteiger partial charge in [0.1, 0.15) is 5.56 Å². The third-order valence-electron chi connectivity index (χ3n) is 3.11. The first-order chi connectivity index (χ1) is 11.8. The molecule has 0 spiro atoms. The molecule has 3 N–H and O–H groups in total. The lowest BCUT2D eigenvalue weighted by molar-refractivity contribution is -0.143. The van der Waals surface area contributed by atoms with Crippen LogP contribution in [0, 0.1) is 0 Å². The Labute approximate surface area is 140 Å². The molecule has 1 aromatic heterocycles. The van der Waals surface area contributed by atoms with Gasteiger partial charge in [-0.3, -0.25) is 4.79 Å². The maximum absolute atomic E-state index is 13.4. The number of rotatable bonds is 5. The first-order valence-corrected chi connectivity index (χ1v) is 7.20. The van der Waals surface area contributed by atoms with Crippen molar-refractivity contribution in [1.29, 1.82) is 0 Å². The van der Waals surface area contributed by atoms with Crippen LogP contribution < -0.4 is 11.1 Å².